The fourth-order valence-corrected chi connectivity index (χ4v) is 4.88. The zero-order chi connectivity index (χ0) is 37.0. The Morgan fingerprint density at radius 3 is 1.75 bits per heavy atom. The van der Waals surface area contributed by atoms with E-state index in [1.807, 2.05) is 0 Å². The highest BCUT2D eigenvalue weighted by Crippen LogP contribution is 2.54. The Kier molecular flexibility index (Phi) is 10.2. The summed E-state index contributed by atoms with van der Waals surface area (Å²) < 4.78 is 228. The number of rotatable bonds is 6. The molecule has 4 nitrogen and oxygen atoms in total. The van der Waals surface area contributed by atoms with Crippen molar-refractivity contribution >= 4 is 40.0 Å². The van der Waals surface area contributed by atoms with Crippen LogP contribution in [0.4, 0.5) is 80.3 Å². The smallest absolute Gasteiger partial charge is 0.319 e. The minimum Gasteiger partial charge on any atom is -0.319 e. The fraction of sp³-hybridized carbons (Fsp3) is 0.269. The average molecular weight is 832 g/mol. The first-order chi connectivity index (χ1) is 21.5. The summed E-state index contributed by atoms with van der Waals surface area (Å²) in [4.78, 5) is 27.8. The van der Waals surface area contributed by atoms with Crippen LogP contribution in [0.1, 0.15) is 48.8 Å². The third-order valence-electron chi connectivity index (χ3n) is 6.26. The van der Waals surface area contributed by atoms with Crippen molar-refractivity contribution in [2.75, 3.05) is 5.32 Å². The highest BCUT2D eigenvalue weighted by atomic mass is 127. The van der Waals surface area contributed by atoms with Crippen LogP contribution in [0, 0.1) is 9.39 Å². The molecule has 1 amide bonds. The fourth-order valence-electron chi connectivity index (χ4n) is 4.06. The number of amides is 1. The molecule has 0 unspecified atom stereocenters. The van der Waals surface area contributed by atoms with Crippen molar-refractivity contribution in [3.63, 3.8) is 0 Å². The molecule has 0 atom stereocenters. The van der Waals surface area contributed by atoms with Crippen molar-refractivity contribution < 1.29 is 84.2 Å². The standard InChI is InChI=1S/C26H10F17IN2O2/c27-18-10(2-1-3-15(18)45-20(48)11-4-5-17(23(32,33)34)46-19(11)24(35,36)37)16(47)8-12-13(22(29,30)31)6-9(7-14(12)44)21(28,25(38,39)40)26(41,42)43/h1-7H,8H2,(H,45,48). The maximum atomic E-state index is 15.2. The van der Waals surface area contributed by atoms with Gasteiger partial charge in [-0.15, -0.1) is 0 Å². The Bertz CT molecular complexity index is 1720. The van der Waals surface area contributed by atoms with Crippen LogP contribution in [0.15, 0.2) is 42.5 Å². The summed E-state index contributed by atoms with van der Waals surface area (Å²) in [5.41, 5.74) is -20.8. The summed E-state index contributed by atoms with van der Waals surface area (Å²) in [6.45, 7) is 0. The van der Waals surface area contributed by atoms with Crippen molar-refractivity contribution in [1.82, 2.24) is 4.98 Å². The van der Waals surface area contributed by atoms with Crippen molar-refractivity contribution in [2.45, 2.75) is 43.0 Å². The third kappa shape index (κ3) is 7.61. The third-order valence-corrected chi connectivity index (χ3v) is 7.23. The van der Waals surface area contributed by atoms with E-state index in [-0.39, 0.29) is 18.2 Å². The van der Waals surface area contributed by atoms with E-state index in [4.69, 9.17) is 0 Å². The van der Waals surface area contributed by atoms with Gasteiger partial charge in [-0.2, -0.15) is 65.9 Å². The molecule has 0 saturated carbocycles. The summed E-state index contributed by atoms with van der Waals surface area (Å²) in [6, 6.07) is 0.838. The maximum Gasteiger partial charge on any atom is 0.435 e. The number of nitrogens with one attached hydrogen (secondary N) is 1. The molecule has 0 radical (unpaired) electrons. The van der Waals surface area contributed by atoms with Crippen LogP contribution >= 0.6 is 22.6 Å². The van der Waals surface area contributed by atoms with E-state index in [9.17, 15) is 79.8 Å². The number of hydrogen-bond donors (Lipinski definition) is 1. The number of aromatic nitrogens is 1. The molecule has 22 heteroatoms. The number of anilines is 1. The van der Waals surface area contributed by atoms with Gasteiger partial charge in [-0.1, -0.05) is 6.07 Å². The van der Waals surface area contributed by atoms with Gasteiger partial charge in [0.1, 0.15) is 5.69 Å². The van der Waals surface area contributed by atoms with Gasteiger partial charge < -0.3 is 5.32 Å². The molecule has 1 aromatic heterocycles. The van der Waals surface area contributed by atoms with E-state index in [2.05, 4.69) is 4.98 Å². The van der Waals surface area contributed by atoms with Crippen LogP contribution in [0.2, 0.25) is 0 Å². The quantitative estimate of drug-likeness (QED) is 0.153. The van der Waals surface area contributed by atoms with Crippen LogP contribution in [-0.2, 0) is 30.6 Å². The van der Waals surface area contributed by atoms with Gasteiger partial charge in [0.15, 0.2) is 17.3 Å². The number of halogens is 18. The summed E-state index contributed by atoms with van der Waals surface area (Å²) in [5, 5.41) is 1.53. The monoisotopic (exact) mass is 832 g/mol. The molecule has 1 heterocycles. The topological polar surface area (TPSA) is 59.1 Å². The van der Waals surface area contributed by atoms with E-state index >= 15 is 4.39 Å². The van der Waals surface area contributed by atoms with E-state index < -0.39 is 115 Å². The van der Waals surface area contributed by atoms with Crippen LogP contribution < -0.4 is 5.32 Å². The molecule has 3 rings (SSSR count). The number of benzene rings is 2. The first-order valence-electron chi connectivity index (χ1n) is 12.0. The lowest BCUT2D eigenvalue weighted by atomic mass is 9.89. The molecule has 48 heavy (non-hydrogen) atoms. The predicted octanol–water partition coefficient (Wildman–Crippen LogP) is 9.85. The Morgan fingerprint density at radius 2 is 1.27 bits per heavy atom. The lowest BCUT2D eigenvalue weighted by Gasteiger charge is -2.31. The molecule has 0 aliphatic rings. The SMILES string of the molecule is O=C(Nc1cccc(C(=O)Cc2c(I)cc(C(F)(C(F)(F)F)C(F)(F)F)cc2C(F)(F)F)c1F)c1ccc(C(F)(F)F)nc1C(F)(F)F. The summed E-state index contributed by atoms with van der Waals surface area (Å²) in [5.74, 6) is -5.42. The van der Waals surface area contributed by atoms with Crippen molar-refractivity contribution in [2.24, 2.45) is 0 Å². The molecule has 0 aliphatic heterocycles. The summed E-state index contributed by atoms with van der Waals surface area (Å²) in [7, 11) is 0. The van der Waals surface area contributed by atoms with Gasteiger partial charge in [-0.05, 0) is 64.6 Å². The van der Waals surface area contributed by atoms with Crippen LogP contribution in [0.5, 0.6) is 0 Å². The number of carbonyl (C=O) groups excluding carboxylic acids is 2. The van der Waals surface area contributed by atoms with Crippen LogP contribution in [0.3, 0.4) is 0 Å². The molecule has 3 aromatic rings. The van der Waals surface area contributed by atoms with Gasteiger partial charge in [0.05, 0.1) is 22.4 Å². The lowest BCUT2D eigenvalue weighted by Crippen LogP contribution is -2.50. The number of ketones is 1. The molecule has 262 valence electrons. The molecule has 0 aliphatic carbocycles. The molecular weight excluding hydrogens is 822 g/mol. The van der Waals surface area contributed by atoms with E-state index in [1.165, 1.54) is 5.32 Å². The van der Waals surface area contributed by atoms with Crippen LogP contribution in [0.25, 0.3) is 0 Å². The van der Waals surface area contributed by atoms with Gasteiger partial charge >= 0.3 is 36.6 Å². The number of nitrogens with zero attached hydrogens (tertiary/aromatic N) is 1. The Hall–Kier alpha value is -3.73. The second-order valence-corrected chi connectivity index (χ2v) is 10.6. The highest BCUT2D eigenvalue weighted by Gasteiger charge is 2.73. The van der Waals surface area contributed by atoms with Crippen LogP contribution in [-0.4, -0.2) is 29.0 Å². The first kappa shape index (κ1) is 38.7. The lowest BCUT2D eigenvalue weighted by molar-refractivity contribution is -0.348. The number of carbonyl (C=O) groups is 2. The molecule has 0 spiro atoms. The number of hydrogen-bond acceptors (Lipinski definition) is 3. The number of alkyl halides is 16. The zero-order valence-electron chi connectivity index (χ0n) is 22.3. The normalized spacial score (nSPS) is 13.5. The molecule has 0 bridgehead atoms. The molecular formula is C26H10F17IN2O2. The summed E-state index contributed by atoms with van der Waals surface area (Å²) in [6.07, 6.45) is -32.1. The van der Waals surface area contributed by atoms with Crippen molar-refractivity contribution in [3.8, 4) is 0 Å². The Labute approximate surface area is 268 Å². The minimum absolute atomic E-state index is 0.0119. The largest absolute Gasteiger partial charge is 0.435 e. The maximum absolute atomic E-state index is 15.2. The second-order valence-electron chi connectivity index (χ2n) is 9.45. The predicted molar refractivity (Wildman–Crippen MR) is 136 cm³/mol. The highest BCUT2D eigenvalue weighted by molar-refractivity contribution is 14.1. The summed E-state index contributed by atoms with van der Waals surface area (Å²) >= 11 is 0.782. The minimum atomic E-state index is -6.81. The van der Waals surface area contributed by atoms with Crippen molar-refractivity contribution in [1.29, 1.82) is 0 Å². The van der Waals surface area contributed by atoms with Gasteiger partial charge in [-0.3, -0.25) is 9.59 Å². The van der Waals surface area contributed by atoms with Gasteiger partial charge in [-0.25, -0.2) is 13.8 Å². The second kappa shape index (κ2) is 12.6. The van der Waals surface area contributed by atoms with Gasteiger partial charge in [0, 0.05) is 15.6 Å². The Morgan fingerprint density at radius 1 is 0.708 bits per heavy atom. The van der Waals surface area contributed by atoms with E-state index in [1.54, 1.807) is 0 Å². The average Bonchev–Trinajstić information content (AvgIpc) is 2.91. The molecule has 0 fully saturated rings. The van der Waals surface area contributed by atoms with Gasteiger partial charge in [0.25, 0.3) is 5.91 Å². The Balaban J connectivity index is 2.06. The van der Waals surface area contributed by atoms with Gasteiger partial charge in [0.2, 0.25) is 0 Å². The molecule has 2 aromatic carbocycles. The van der Waals surface area contributed by atoms with E-state index in [0.29, 0.717) is 12.1 Å². The number of Topliss-reactive ketones (excluding diaryl/α,β-unsaturated/α-hetero) is 1. The van der Waals surface area contributed by atoms with E-state index in [0.717, 1.165) is 28.7 Å². The number of pyridine rings is 1. The molecule has 1 N–H and O–H groups in total. The zero-order valence-corrected chi connectivity index (χ0v) is 24.5. The first-order valence-corrected chi connectivity index (χ1v) is 13.1. The molecule has 0 saturated heterocycles. The van der Waals surface area contributed by atoms with Crippen molar-refractivity contribution in [3.05, 3.63) is 91.1 Å².